The highest BCUT2D eigenvalue weighted by atomic mass is 16.6. The van der Waals surface area contributed by atoms with Crippen LogP contribution in [0.3, 0.4) is 0 Å². The van der Waals surface area contributed by atoms with Crippen LogP contribution in [0.1, 0.15) is 26.7 Å². The predicted molar refractivity (Wildman–Crippen MR) is 69.7 cm³/mol. The van der Waals surface area contributed by atoms with Gasteiger partial charge in [-0.2, -0.15) is 0 Å². The average Bonchev–Trinajstić information content (AvgIpc) is 2.39. The van der Waals surface area contributed by atoms with Gasteiger partial charge in [-0.1, -0.05) is 13.8 Å². The molecule has 0 saturated heterocycles. The van der Waals surface area contributed by atoms with Crippen LogP contribution in [0.5, 0.6) is 0 Å². The van der Waals surface area contributed by atoms with E-state index in [0.29, 0.717) is 12.4 Å². The fraction of sp³-hybridized carbons (Fsp3) is 0.583. The molecule has 0 aliphatic carbocycles. The summed E-state index contributed by atoms with van der Waals surface area (Å²) in [5.41, 5.74) is -0.0159. The lowest BCUT2D eigenvalue weighted by atomic mass is 10.1. The third-order valence-corrected chi connectivity index (χ3v) is 2.96. The molecular formula is C12H19N3O3. The van der Waals surface area contributed by atoms with Crippen LogP contribution in [0, 0.1) is 10.1 Å². The van der Waals surface area contributed by atoms with Gasteiger partial charge in [0.2, 0.25) is 5.82 Å². The zero-order chi connectivity index (χ0) is 13.5. The summed E-state index contributed by atoms with van der Waals surface area (Å²) in [6.07, 6.45) is 3.24. The van der Waals surface area contributed by atoms with Crippen molar-refractivity contribution in [2.45, 2.75) is 32.7 Å². The van der Waals surface area contributed by atoms with Crippen molar-refractivity contribution in [2.24, 2.45) is 0 Å². The molecule has 1 aromatic rings. The highest BCUT2D eigenvalue weighted by molar-refractivity contribution is 5.57. The molecule has 1 N–H and O–H groups in total. The van der Waals surface area contributed by atoms with Gasteiger partial charge in [-0.15, -0.1) is 0 Å². The first-order chi connectivity index (χ1) is 8.65. The van der Waals surface area contributed by atoms with E-state index in [4.69, 9.17) is 5.11 Å². The van der Waals surface area contributed by atoms with Crippen molar-refractivity contribution in [1.82, 2.24) is 4.98 Å². The number of hydrogen-bond acceptors (Lipinski definition) is 5. The van der Waals surface area contributed by atoms with Crippen molar-refractivity contribution in [3.63, 3.8) is 0 Å². The Kier molecular flexibility index (Phi) is 5.51. The molecule has 1 rings (SSSR count). The van der Waals surface area contributed by atoms with E-state index >= 15 is 0 Å². The van der Waals surface area contributed by atoms with Crippen molar-refractivity contribution >= 4 is 11.5 Å². The maximum atomic E-state index is 11.0. The molecule has 0 amide bonds. The fourth-order valence-corrected chi connectivity index (χ4v) is 2.05. The van der Waals surface area contributed by atoms with Gasteiger partial charge in [0.15, 0.2) is 0 Å². The Morgan fingerprint density at radius 3 is 2.67 bits per heavy atom. The molecule has 6 heteroatoms. The van der Waals surface area contributed by atoms with E-state index in [2.05, 4.69) is 4.98 Å². The van der Waals surface area contributed by atoms with Gasteiger partial charge >= 0.3 is 5.69 Å². The van der Waals surface area contributed by atoms with Gasteiger partial charge in [0.1, 0.15) is 0 Å². The number of rotatable bonds is 7. The molecule has 18 heavy (non-hydrogen) atoms. The summed E-state index contributed by atoms with van der Waals surface area (Å²) < 4.78 is 0. The smallest absolute Gasteiger partial charge is 0.311 e. The molecule has 0 aliphatic rings. The third-order valence-electron chi connectivity index (χ3n) is 2.96. The molecule has 0 atom stereocenters. The Morgan fingerprint density at radius 2 is 2.17 bits per heavy atom. The molecule has 6 nitrogen and oxygen atoms in total. The summed E-state index contributed by atoms with van der Waals surface area (Å²) in [5.74, 6) is 0.338. The van der Waals surface area contributed by atoms with Gasteiger partial charge < -0.3 is 10.0 Å². The molecule has 100 valence electrons. The summed E-state index contributed by atoms with van der Waals surface area (Å²) in [4.78, 5) is 16.5. The number of aliphatic hydroxyl groups excluding tert-OH is 1. The van der Waals surface area contributed by atoms with E-state index in [9.17, 15) is 10.1 Å². The molecule has 1 heterocycles. The average molecular weight is 253 g/mol. The van der Waals surface area contributed by atoms with E-state index in [1.54, 1.807) is 6.07 Å². The molecule has 0 unspecified atom stereocenters. The van der Waals surface area contributed by atoms with Crippen molar-refractivity contribution < 1.29 is 10.0 Å². The predicted octanol–water partition coefficient (Wildman–Crippen LogP) is 1.98. The number of nitro groups is 1. The molecule has 0 aliphatic heterocycles. The SMILES string of the molecule is CCC(CC)N(CCO)c1ncccc1[N+](=O)[O-]. The zero-order valence-electron chi connectivity index (χ0n) is 10.7. The molecular weight excluding hydrogens is 234 g/mol. The standard InChI is InChI=1S/C12H19N3O3/c1-3-10(4-2)14(8-9-16)12-11(15(17)18)6-5-7-13-12/h5-7,10,16H,3-4,8-9H2,1-2H3. The van der Waals surface area contributed by atoms with Gasteiger partial charge in [0.05, 0.1) is 11.5 Å². The second-order valence-electron chi connectivity index (χ2n) is 3.99. The van der Waals surface area contributed by atoms with Crippen molar-refractivity contribution in [3.05, 3.63) is 28.4 Å². The molecule has 0 saturated carbocycles. The number of aromatic nitrogens is 1. The molecule has 0 spiro atoms. The number of pyridine rings is 1. The van der Waals surface area contributed by atoms with Crippen molar-refractivity contribution in [1.29, 1.82) is 0 Å². The first-order valence-electron chi connectivity index (χ1n) is 6.12. The van der Waals surface area contributed by atoms with Crippen LogP contribution in [0.15, 0.2) is 18.3 Å². The minimum Gasteiger partial charge on any atom is -0.395 e. The van der Waals surface area contributed by atoms with E-state index in [1.165, 1.54) is 12.3 Å². The lowest BCUT2D eigenvalue weighted by Gasteiger charge is -2.30. The van der Waals surface area contributed by atoms with Crippen molar-refractivity contribution in [3.8, 4) is 0 Å². The molecule has 0 aromatic carbocycles. The molecule has 0 radical (unpaired) electrons. The monoisotopic (exact) mass is 253 g/mol. The maximum Gasteiger partial charge on any atom is 0.311 e. The molecule has 1 aromatic heterocycles. The Bertz CT molecular complexity index is 394. The second-order valence-corrected chi connectivity index (χ2v) is 3.99. The highest BCUT2D eigenvalue weighted by Gasteiger charge is 2.24. The lowest BCUT2D eigenvalue weighted by Crippen LogP contribution is -2.37. The Balaban J connectivity index is 3.16. The normalized spacial score (nSPS) is 10.7. The van der Waals surface area contributed by atoms with Gasteiger partial charge in [-0.25, -0.2) is 4.98 Å². The Labute approximate surface area is 106 Å². The Morgan fingerprint density at radius 1 is 1.50 bits per heavy atom. The first kappa shape index (κ1) is 14.4. The minimum absolute atomic E-state index is 0.0159. The minimum atomic E-state index is -0.435. The van der Waals surface area contributed by atoms with Gasteiger partial charge in [0, 0.05) is 24.8 Å². The quantitative estimate of drug-likeness (QED) is 0.593. The molecule has 0 fully saturated rings. The summed E-state index contributed by atoms with van der Waals surface area (Å²) in [6.45, 7) is 4.34. The summed E-state index contributed by atoms with van der Waals surface area (Å²) in [7, 11) is 0. The number of aliphatic hydroxyl groups is 1. The van der Waals surface area contributed by atoms with Crippen LogP contribution in [-0.4, -0.2) is 34.2 Å². The van der Waals surface area contributed by atoms with Gasteiger partial charge in [-0.05, 0) is 18.9 Å². The van der Waals surface area contributed by atoms with Crippen LogP contribution in [0.25, 0.3) is 0 Å². The van der Waals surface area contributed by atoms with Gasteiger partial charge in [0.25, 0.3) is 0 Å². The second kappa shape index (κ2) is 6.90. The number of anilines is 1. The first-order valence-corrected chi connectivity index (χ1v) is 6.12. The molecule has 0 bridgehead atoms. The maximum absolute atomic E-state index is 11.0. The van der Waals surface area contributed by atoms with Crippen LogP contribution in [0.4, 0.5) is 11.5 Å². The van der Waals surface area contributed by atoms with Crippen molar-refractivity contribution in [2.75, 3.05) is 18.1 Å². The van der Waals surface area contributed by atoms with Crippen LogP contribution in [-0.2, 0) is 0 Å². The summed E-state index contributed by atoms with van der Waals surface area (Å²) >= 11 is 0. The van der Waals surface area contributed by atoms with E-state index in [1.807, 2.05) is 18.7 Å². The Hall–Kier alpha value is -1.69. The third kappa shape index (κ3) is 3.16. The van der Waals surface area contributed by atoms with Crippen LogP contribution < -0.4 is 4.90 Å². The van der Waals surface area contributed by atoms with E-state index in [0.717, 1.165) is 12.8 Å². The summed E-state index contributed by atoms with van der Waals surface area (Å²) in [6, 6.07) is 3.13. The zero-order valence-corrected chi connectivity index (χ0v) is 10.7. The van der Waals surface area contributed by atoms with Crippen LogP contribution in [0.2, 0.25) is 0 Å². The van der Waals surface area contributed by atoms with Gasteiger partial charge in [-0.3, -0.25) is 10.1 Å². The number of hydrogen-bond donors (Lipinski definition) is 1. The van der Waals surface area contributed by atoms with E-state index < -0.39 is 4.92 Å². The summed E-state index contributed by atoms with van der Waals surface area (Å²) in [5, 5.41) is 20.1. The largest absolute Gasteiger partial charge is 0.395 e. The fourth-order valence-electron chi connectivity index (χ4n) is 2.05. The van der Waals surface area contributed by atoms with Crippen LogP contribution >= 0.6 is 0 Å². The topological polar surface area (TPSA) is 79.5 Å². The number of nitrogens with zero attached hydrogens (tertiary/aromatic N) is 3. The highest BCUT2D eigenvalue weighted by Crippen LogP contribution is 2.27. The van der Waals surface area contributed by atoms with E-state index in [-0.39, 0.29) is 18.3 Å². The lowest BCUT2D eigenvalue weighted by molar-refractivity contribution is -0.384.